The predicted molar refractivity (Wildman–Crippen MR) is 58.3 cm³/mol. The average molecular weight is 197 g/mol. The van der Waals surface area contributed by atoms with Gasteiger partial charge in [0.25, 0.3) is 0 Å². The van der Waals surface area contributed by atoms with E-state index in [1.807, 2.05) is 0 Å². The minimum atomic E-state index is 0.246. The molecular formula is C12H23NO. The smallest absolute Gasteiger partial charge is 0.0499 e. The van der Waals surface area contributed by atoms with Crippen LogP contribution in [-0.2, 0) is 0 Å². The molecule has 0 aliphatic heterocycles. The molecule has 0 aromatic rings. The molecule has 2 nitrogen and oxygen atoms in total. The topological polar surface area (TPSA) is 23.5 Å². The molecule has 0 atom stereocenters. The second-order valence-corrected chi connectivity index (χ2v) is 5.37. The van der Waals surface area contributed by atoms with E-state index in [-0.39, 0.29) is 5.41 Å². The molecule has 2 aliphatic rings. The fraction of sp³-hybridized carbons (Fsp3) is 1.00. The maximum Gasteiger partial charge on any atom is 0.0499 e. The number of hydrogen-bond donors (Lipinski definition) is 1. The maximum absolute atomic E-state index is 9.57. The van der Waals surface area contributed by atoms with E-state index in [2.05, 4.69) is 11.9 Å². The van der Waals surface area contributed by atoms with E-state index in [4.69, 9.17) is 0 Å². The van der Waals surface area contributed by atoms with Crippen molar-refractivity contribution in [1.82, 2.24) is 4.90 Å². The standard InChI is InChI=1S/C12H23NO/c1-13(11-5-6-11)9-12(10-14)7-3-2-4-8-12/h11,14H,2-10H2,1H3. The molecule has 0 unspecified atom stereocenters. The van der Waals surface area contributed by atoms with E-state index in [1.54, 1.807) is 0 Å². The van der Waals surface area contributed by atoms with E-state index in [1.165, 1.54) is 44.9 Å². The van der Waals surface area contributed by atoms with Crippen molar-refractivity contribution < 1.29 is 5.11 Å². The summed E-state index contributed by atoms with van der Waals surface area (Å²) < 4.78 is 0. The summed E-state index contributed by atoms with van der Waals surface area (Å²) in [6.07, 6.45) is 9.23. The van der Waals surface area contributed by atoms with Gasteiger partial charge >= 0.3 is 0 Å². The first-order valence-electron chi connectivity index (χ1n) is 6.07. The monoisotopic (exact) mass is 197 g/mol. The van der Waals surface area contributed by atoms with Gasteiger partial charge in [0.05, 0.1) is 0 Å². The van der Waals surface area contributed by atoms with Crippen LogP contribution in [0.1, 0.15) is 44.9 Å². The fourth-order valence-electron chi connectivity index (χ4n) is 2.84. The van der Waals surface area contributed by atoms with E-state index in [9.17, 15) is 5.11 Å². The molecule has 0 heterocycles. The molecule has 0 bridgehead atoms. The Bertz CT molecular complexity index is 183. The lowest BCUT2D eigenvalue weighted by atomic mass is 9.74. The number of hydrogen-bond acceptors (Lipinski definition) is 2. The van der Waals surface area contributed by atoms with Gasteiger partial charge in [-0.2, -0.15) is 0 Å². The molecule has 0 spiro atoms. The van der Waals surface area contributed by atoms with Gasteiger partial charge in [-0.25, -0.2) is 0 Å². The van der Waals surface area contributed by atoms with Gasteiger partial charge in [0, 0.05) is 24.6 Å². The Balaban J connectivity index is 1.89. The van der Waals surface area contributed by atoms with Crippen molar-refractivity contribution >= 4 is 0 Å². The molecule has 2 fully saturated rings. The van der Waals surface area contributed by atoms with Crippen molar-refractivity contribution in [3.63, 3.8) is 0 Å². The molecule has 1 N–H and O–H groups in total. The van der Waals surface area contributed by atoms with E-state index < -0.39 is 0 Å². The first-order chi connectivity index (χ1) is 6.76. The van der Waals surface area contributed by atoms with Crippen LogP contribution in [0.3, 0.4) is 0 Å². The molecule has 0 aromatic heterocycles. The third-order valence-corrected chi connectivity index (χ3v) is 4.00. The SMILES string of the molecule is CN(CC1(CO)CCCCC1)C1CC1. The molecule has 82 valence electrons. The van der Waals surface area contributed by atoms with Gasteiger partial charge < -0.3 is 10.0 Å². The summed E-state index contributed by atoms with van der Waals surface area (Å²) in [4.78, 5) is 2.47. The number of aliphatic hydroxyl groups excluding tert-OH is 1. The first-order valence-corrected chi connectivity index (χ1v) is 6.07. The molecule has 2 rings (SSSR count). The first kappa shape index (κ1) is 10.4. The summed E-state index contributed by atoms with van der Waals surface area (Å²) in [5.41, 5.74) is 0.246. The summed E-state index contributed by atoms with van der Waals surface area (Å²) in [7, 11) is 2.23. The van der Waals surface area contributed by atoms with Gasteiger partial charge in [-0.1, -0.05) is 19.3 Å². The Morgan fingerprint density at radius 3 is 2.36 bits per heavy atom. The zero-order valence-electron chi connectivity index (χ0n) is 9.34. The maximum atomic E-state index is 9.57. The van der Waals surface area contributed by atoms with Crippen LogP contribution in [0.5, 0.6) is 0 Å². The van der Waals surface area contributed by atoms with Crippen molar-refractivity contribution in [3.05, 3.63) is 0 Å². The Kier molecular flexibility index (Phi) is 3.13. The number of aliphatic hydroxyl groups is 1. The zero-order chi connectivity index (χ0) is 10.0. The van der Waals surface area contributed by atoms with E-state index in [0.29, 0.717) is 6.61 Å². The quantitative estimate of drug-likeness (QED) is 0.745. The highest BCUT2D eigenvalue weighted by atomic mass is 16.3. The highest BCUT2D eigenvalue weighted by molar-refractivity contribution is 4.90. The largest absolute Gasteiger partial charge is 0.396 e. The van der Waals surface area contributed by atoms with Crippen LogP contribution in [0.25, 0.3) is 0 Å². The molecule has 14 heavy (non-hydrogen) atoms. The molecule has 0 radical (unpaired) electrons. The van der Waals surface area contributed by atoms with Crippen molar-refractivity contribution in [1.29, 1.82) is 0 Å². The van der Waals surface area contributed by atoms with E-state index in [0.717, 1.165) is 12.6 Å². The summed E-state index contributed by atoms with van der Waals surface area (Å²) in [6, 6.07) is 0.834. The predicted octanol–water partition coefficient (Wildman–Crippen LogP) is 2.02. The molecule has 2 heteroatoms. The van der Waals surface area contributed by atoms with Crippen molar-refractivity contribution in [3.8, 4) is 0 Å². The lowest BCUT2D eigenvalue weighted by molar-refractivity contribution is 0.0463. The Morgan fingerprint density at radius 1 is 1.21 bits per heavy atom. The summed E-state index contributed by atoms with van der Waals surface area (Å²) in [5.74, 6) is 0. The van der Waals surface area contributed by atoms with Gasteiger partial charge in [0.1, 0.15) is 0 Å². The molecule has 0 saturated heterocycles. The molecule has 2 aliphatic carbocycles. The third-order valence-electron chi connectivity index (χ3n) is 4.00. The van der Waals surface area contributed by atoms with E-state index >= 15 is 0 Å². The minimum Gasteiger partial charge on any atom is -0.396 e. The van der Waals surface area contributed by atoms with Gasteiger partial charge in [0.15, 0.2) is 0 Å². The Hall–Kier alpha value is -0.0800. The zero-order valence-corrected chi connectivity index (χ0v) is 9.34. The third kappa shape index (κ3) is 2.29. The van der Waals surface area contributed by atoms with Gasteiger partial charge in [-0.15, -0.1) is 0 Å². The highest BCUT2D eigenvalue weighted by Crippen LogP contribution is 2.38. The Morgan fingerprint density at radius 2 is 1.86 bits per heavy atom. The molecular weight excluding hydrogens is 174 g/mol. The van der Waals surface area contributed by atoms with Crippen LogP contribution in [0.2, 0.25) is 0 Å². The van der Waals surface area contributed by atoms with Crippen molar-refractivity contribution in [2.45, 2.75) is 51.0 Å². The second kappa shape index (κ2) is 4.19. The average Bonchev–Trinajstić information content (AvgIpc) is 3.02. The molecule has 2 saturated carbocycles. The van der Waals surface area contributed by atoms with Crippen molar-refractivity contribution in [2.24, 2.45) is 5.41 Å². The minimum absolute atomic E-state index is 0.246. The summed E-state index contributed by atoms with van der Waals surface area (Å²) >= 11 is 0. The van der Waals surface area contributed by atoms with Crippen molar-refractivity contribution in [2.75, 3.05) is 20.2 Å². The Labute approximate surface area is 87.3 Å². The summed E-state index contributed by atoms with van der Waals surface area (Å²) in [6.45, 7) is 1.51. The van der Waals surface area contributed by atoms with Crippen LogP contribution < -0.4 is 0 Å². The number of nitrogens with zero attached hydrogens (tertiary/aromatic N) is 1. The normalized spacial score (nSPS) is 26.8. The highest BCUT2D eigenvalue weighted by Gasteiger charge is 2.36. The van der Waals surface area contributed by atoms with Gasteiger partial charge in [-0.05, 0) is 32.7 Å². The lowest BCUT2D eigenvalue weighted by Gasteiger charge is -2.38. The van der Waals surface area contributed by atoms with Crippen LogP contribution >= 0.6 is 0 Å². The van der Waals surface area contributed by atoms with Gasteiger partial charge in [-0.3, -0.25) is 0 Å². The fourth-order valence-corrected chi connectivity index (χ4v) is 2.84. The van der Waals surface area contributed by atoms with Crippen LogP contribution in [0, 0.1) is 5.41 Å². The lowest BCUT2D eigenvalue weighted by Crippen LogP contribution is -2.40. The van der Waals surface area contributed by atoms with Crippen LogP contribution in [0.15, 0.2) is 0 Å². The molecule has 0 amide bonds. The van der Waals surface area contributed by atoms with Gasteiger partial charge in [0.2, 0.25) is 0 Å². The molecule has 0 aromatic carbocycles. The van der Waals surface area contributed by atoms with Crippen LogP contribution in [-0.4, -0.2) is 36.2 Å². The summed E-state index contributed by atoms with van der Waals surface area (Å²) in [5, 5.41) is 9.57. The number of rotatable bonds is 4. The van der Waals surface area contributed by atoms with Crippen LogP contribution in [0.4, 0.5) is 0 Å². The second-order valence-electron chi connectivity index (χ2n) is 5.37.